The summed E-state index contributed by atoms with van der Waals surface area (Å²) in [4.78, 5) is 25.0. The second-order valence-electron chi connectivity index (χ2n) is 15.9. The second kappa shape index (κ2) is 41.0. The van der Waals surface area contributed by atoms with E-state index in [9.17, 15) is 14.7 Å². The van der Waals surface area contributed by atoms with Gasteiger partial charge in [-0.3, -0.25) is 9.59 Å². The average molecular weight is 738 g/mol. The van der Waals surface area contributed by atoms with Crippen LogP contribution in [0.2, 0.25) is 0 Å². The number of carbonyl (C=O) groups excluding carboxylic acids is 2. The third-order valence-corrected chi connectivity index (χ3v) is 10.8. The van der Waals surface area contributed by atoms with Crippen LogP contribution in [-0.4, -0.2) is 48.4 Å². The lowest BCUT2D eigenvalue weighted by molar-refractivity contribution is -0.150. The summed E-state index contributed by atoms with van der Waals surface area (Å²) >= 11 is 0. The summed E-state index contributed by atoms with van der Waals surface area (Å²) in [6.45, 7) is 10.1. The third kappa shape index (κ3) is 35.9. The van der Waals surface area contributed by atoms with Crippen molar-refractivity contribution in [2.75, 3.05) is 13.2 Å². The lowest BCUT2D eigenvalue weighted by atomic mass is 10.0. The van der Waals surface area contributed by atoms with Gasteiger partial charge in [0.2, 0.25) is 0 Å². The lowest BCUT2D eigenvalue weighted by Gasteiger charge is -2.18. The minimum absolute atomic E-state index is 0.0133. The fourth-order valence-electron chi connectivity index (χ4n) is 7.30. The molecule has 0 spiro atoms. The van der Waals surface area contributed by atoms with Gasteiger partial charge in [0.15, 0.2) is 0 Å². The van der Waals surface area contributed by atoms with Gasteiger partial charge in [-0.25, -0.2) is 0 Å². The van der Waals surface area contributed by atoms with E-state index in [-0.39, 0.29) is 30.8 Å². The number of aliphatic hydroxyl groups excluding tert-OH is 1. The molecule has 0 saturated carbocycles. The van der Waals surface area contributed by atoms with Crippen LogP contribution in [0.3, 0.4) is 0 Å². The molecule has 2 unspecified atom stereocenters. The van der Waals surface area contributed by atoms with Gasteiger partial charge in [-0.1, -0.05) is 163 Å². The molecule has 2 N–H and O–H groups in total. The van der Waals surface area contributed by atoms with E-state index in [1.54, 1.807) is 0 Å². The largest absolute Gasteiger partial charge is 0.462 e. The first-order chi connectivity index (χ1) is 25.5. The topological polar surface area (TPSA) is 84.9 Å². The standard InChI is InChI=1S/C46H91NO5/c1-5-9-12-15-19-27-34-43(8-4)51-45(49)37-31-24-23-26-33-42(39-41-48)47-40-32-25-18-22-30-38-46(50)52-44(35-28-20-16-13-10-6-2)36-29-21-17-14-11-7-3/h42-44,47-48H,5-41H2,1-4H3. The fraction of sp³-hybridized carbons (Fsp3) is 0.957. The molecule has 0 bridgehead atoms. The Balaban J connectivity index is 4.03. The molecule has 0 aromatic rings. The predicted octanol–water partition coefficient (Wildman–Crippen LogP) is 13.5. The third-order valence-electron chi connectivity index (χ3n) is 10.8. The van der Waals surface area contributed by atoms with Crippen LogP contribution in [0.5, 0.6) is 0 Å². The molecule has 6 heteroatoms. The van der Waals surface area contributed by atoms with Gasteiger partial charge in [0.25, 0.3) is 0 Å². The minimum atomic E-state index is -0.0242. The number of rotatable bonds is 42. The zero-order valence-electron chi connectivity index (χ0n) is 35.5. The van der Waals surface area contributed by atoms with Crippen molar-refractivity contribution >= 4 is 11.9 Å². The molecule has 0 aliphatic carbocycles. The van der Waals surface area contributed by atoms with Crippen molar-refractivity contribution < 1.29 is 24.2 Å². The van der Waals surface area contributed by atoms with E-state index < -0.39 is 0 Å². The van der Waals surface area contributed by atoms with Crippen molar-refractivity contribution in [2.24, 2.45) is 0 Å². The Morgan fingerprint density at radius 2 is 0.808 bits per heavy atom. The highest BCUT2D eigenvalue weighted by Crippen LogP contribution is 2.19. The summed E-state index contributed by atoms with van der Waals surface area (Å²) in [5, 5.41) is 13.2. The van der Waals surface area contributed by atoms with Crippen LogP contribution in [0, 0.1) is 0 Å². The zero-order valence-corrected chi connectivity index (χ0v) is 35.5. The Hall–Kier alpha value is -1.14. The Morgan fingerprint density at radius 3 is 1.25 bits per heavy atom. The number of carbonyl (C=O) groups is 2. The van der Waals surface area contributed by atoms with Crippen LogP contribution in [-0.2, 0) is 19.1 Å². The molecule has 0 saturated heterocycles. The number of aliphatic hydroxyl groups is 1. The van der Waals surface area contributed by atoms with Crippen molar-refractivity contribution in [1.29, 1.82) is 0 Å². The quantitative estimate of drug-likeness (QED) is 0.0479. The number of nitrogens with one attached hydrogen (secondary N) is 1. The number of esters is 2. The van der Waals surface area contributed by atoms with Gasteiger partial charge in [-0.15, -0.1) is 0 Å². The lowest BCUT2D eigenvalue weighted by Crippen LogP contribution is -2.30. The first kappa shape index (κ1) is 50.9. The summed E-state index contributed by atoms with van der Waals surface area (Å²) in [6.07, 6.45) is 39.8. The van der Waals surface area contributed by atoms with Crippen molar-refractivity contribution in [3.8, 4) is 0 Å². The first-order valence-electron chi connectivity index (χ1n) is 23.2. The highest BCUT2D eigenvalue weighted by molar-refractivity contribution is 5.69. The molecular formula is C46H91NO5. The number of hydrogen-bond acceptors (Lipinski definition) is 6. The molecule has 0 aromatic carbocycles. The summed E-state index contributed by atoms with van der Waals surface area (Å²) < 4.78 is 11.8. The van der Waals surface area contributed by atoms with Gasteiger partial charge in [0.05, 0.1) is 0 Å². The molecule has 6 nitrogen and oxygen atoms in total. The van der Waals surface area contributed by atoms with Gasteiger partial charge in [-0.2, -0.15) is 0 Å². The summed E-state index contributed by atoms with van der Waals surface area (Å²) in [7, 11) is 0. The molecule has 310 valence electrons. The van der Waals surface area contributed by atoms with Crippen LogP contribution < -0.4 is 5.32 Å². The van der Waals surface area contributed by atoms with E-state index in [0.29, 0.717) is 18.9 Å². The minimum Gasteiger partial charge on any atom is -0.462 e. The van der Waals surface area contributed by atoms with Gasteiger partial charge >= 0.3 is 11.9 Å². The highest BCUT2D eigenvalue weighted by atomic mass is 16.5. The SMILES string of the molecule is CCCCCCCCC(CC)OC(=O)CCCCCCC(CCO)NCCCCCCCC(=O)OC(CCCCCCCC)CCCCCCCC. The number of ether oxygens (including phenoxy) is 2. The summed E-state index contributed by atoms with van der Waals surface area (Å²) in [5.74, 6) is -0.0109. The van der Waals surface area contributed by atoms with Gasteiger partial charge < -0.3 is 19.9 Å². The van der Waals surface area contributed by atoms with Crippen LogP contribution in [0.4, 0.5) is 0 Å². The maximum Gasteiger partial charge on any atom is 0.306 e. The first-order valence-corrected chi connectivity index (χ1v) is 23.2. The van der Waals surface area contributed by atoms with Crippen LogP contribution in [0.15, 0.2) is 0 Å². The van der Waals surface area contributed by atoms with E-state index in [0.717, 1.165) is 103 Å². The highest BCUT2D eigenvalue weighted by Gasteiger charge is 2.15. The molecule has 0 aliphatic heterocycles. The van der Waals surface area contributed by atoms with Crippen molar-refractivity contribution in [2.45, 2.75) is 271 Å². The van der Waals surface area contributed by atoms with Crippen molar-refractivity contribution in [1.82, 2.24) is 5.32 Å². The van der Waals surface area contributed by atoms with E-state index >= 15 is 0 Å². The normalized spacial score (nSPS) is 12.7. The van der Waals surface area contributed by atoms with E-state index in [2.05, 4.69) is 33.0 Å². The van der Waals surface area contributed by atoms with Crippen LogP contribution in [0.1, 0.15) is 252 Å². The smallest absolute Gasteiger partial charge is 0.306 e. The van der Waals surface area contributed by atoms with E-state index in [4.69, 9.17) is 9.47 Å². The zero-order chi connectivity index (χ0) is 38.2. The fourth-order valence-corrected chi connectivity index (χ4v) is 7.30. The Kier molecular flexibility index (Phi) is 40.1. The summed E-state index contributed by atoms with van der Waals surface area (Å²) in [5.41, 5.74) is 0. The van der Waals surface area contributed by atoms with Gasteiger partial charge in [0, 0.05) is 25.5 Å². The van der Waals surface area contributed by atoms with Gasteiger partial charge in [0.1, 0.15) is 12.2 Å². The Bertz CT molecular complexity index is 730. The summed E-state index contributed by atoms with van der Waals surface area (Å²) in [6, 6.07) is 0.359. The number of hydrogen-bond donors (Lipinski definition) is 2. The monoisotopic (exact) mass is 738 g/mol. The Morgan fingerprint density at radius 1 is 0.442 bits per heavy atom. The predicted molar refractivity (Wildman–Crippen MR) is 223 cm³/mol. The van der Waals surface area contributed by atoms with Gasteiger partial charge in [-0.05, 0) is 83.6 Å². The molecule has 0 aromatic heterocycles. The van der Waals surface area contributed by atoms with Crippen molar-refractivity contribution in [3.63, 3.8) is 0 Å². The van der Waals surface area contributed by atoms with Crippen LogP contribution >= 0.6 is 0 Å². The average Bonchev–Trinajstić information content (AvgIpc) is 3.14. The molecule has 0 rings (SSSR count). The van der Waals surface area contributed by atoms with E-state index in [1.807, 2.05) is 0 Å². The molecule has 0 radical (unpaired) electrons. The molecule has 2 atom stereocenters. The molecule has 0 heterocycles. The maximum atomic E-state index is 12.7. The second-order valence-corrected chi connectivity index (χ2v) is 15.9. The molecule has 52 heavy (non-hydrogen) atoms. The van der Waals surface area contributed by atoms with Crippen LogP contribution in [0.25, 0.3) is 0 Å². The molecular weight excluding hydrogens is 647 g/mol. The molecule has 0 fully saturated rings. The Labute approximate surface area is 324 Å². The molecule has 0 aliphatic rings. The molecule has 0 amide bonds. The van der Waals surface area contributed by atoms with Crippen molar-refractivity contribution in [3.05, 3.63) is 0 Å². The maximum absolute atomic E-state index is 12.7. The van der Waals surface area contributed by atoms with E-state index in [1.165, 1.54) is 116 Å². The number of unbranched alkanes of at least 4 members (excludes halogenated alkanes) is 22.